The number of aromatic nitrogens is 2. The Morgan fingerprint density at radius 1 is 1.30 bits per heavy atom. The lowest BCUT2D eigenvalue weighted by Crippen LogP contribution is -2.29. The number of amides is 2. The minimum atomic E-state index is -0.241. The number of hydrazone groups is 1. The maximum absolute atomic E-state index is 12.2. The van der Waals surface area contributed by atoms with E-state index in [1.165, 1.54) is 5.01 Å². The third kappa shape index (κ3) is 2.16. The predicted octanol–water partition coefficient (Wildman–Crippen LogP) is 2.11. The average molecular weight is 269 g/mol. The molecule has 3 rings (SSSR count). The van der Waals surface area contributed by atoms with Gasteiger partial charge in [-0.15, -0.1) is 0 Å². The van der Waals surface area contributed by atoms with Crippen molar-refractivity contribution in [3.05, 3.63) is 47.3 Å². The van der Waals surface area contributed by atoms with Crippen molar-refractivity contribution in [3.8, 4) is 0 Å². The van der Waals surface area contributed by atoms with Crippen LogP contribution >= 0.6 is 0 Å². The van der Waals surface area contributed by atoms with Gasteiger partial charge in [0.25, 0.3) is 0 Å². The lowest BCUT2D eigenvalue weighted by molar-refractivity contribution is 0.212. The SMILES string of the molecule is Cc1c(CN2N=Cc3ccccc3NC2=O)cnn1C. The summed E-state index contributed by atoms with van der Waals surface area (Å²) in [5, 5.41) is 12.7. The zero-order chi connectivity index (χ0) is 14.1. The second-order valence-electron chi connectivity index (χ2n) is 4.70. The van der Waals surface area contributed by atoms with Crippen molar-refractivity contribution in [1.29, 1.82) is 0 Å². The normalized spacial score (nSPS) is 13.9. The number of nitrogens with zero attached hydrogens (tertiary/aromatic N) is 4. The third-order valence-electron chi connectivity index (χ3n) is 3.43. The fraction of sp³-hybridized carbons (Fsp3) is 0.214. The Kier molecular flexibility index (Phi) is 2.98. The standard InChI is InChI=1S/C14H15N5O/c1-10-12(8-15-18(10)2)9-19-14(20)17-13-6-4-3-5-11(13)7-16-19/h3-8H,9H2,1-2H3,(H,17,20). The topological polar surface area (TPSA) is 62.5 Å². The van der Waals surface area contributed by atoms with Gasteiger partial charge in [-0.1, -0.05) is 18.2 Å². The monoisotopic (exact) mass is 269 g/mol. The van der Waals surface area contributed by atoms with E-state index in [4.69, 9.17) is 0 Å². The molecule has 1 aromatic carbocycles. The van der Waals surface area contributed by atoms with E-state index in [0.29, 0.717) is 6.54 Å². The van der Waals surface area contributed by atoms with Crippen molar-refractivity contribution in [3.63, 3.8) is 0 Å². The van der Waals surface area contributed by atoms with Gasteiger partial charge in [0.1, 0.15) is 0 Å². The zero-order valence-corrected chi connectivity index (χ0v) is 11.4. The van der Waals surface area contributed by atoms with Gasteiger partial charge >= 0.3 is 6.03 Å². The summed E-state index contributed by atoms with van der Waals surface area (Å²) in [5.41, 5.74) is 3.67. The van der Waals surface area contributed by atoms with Gasteiger partial charge in [-0.05, 0) is 13.0 Å². The van der Waals surface area contributed by atoms with Gasteiger partial charge in [-0.25, -0.2) is 9.80 Å². The predicted molar refractivity (Wildman–Crippen MR) is 76.5 cm³/mol. The minimum Gasteiger partial charge on any atom is -0.306 e. The summed E-state index contributed by atoms with van der Waals surface area (Å²) >= 11 is 0. The molecule has 20 heavy (non-hydrogen) atoms. The number of para-hydroxylation sites is 1. The molecule has 102 valence electrons. The summed E-state index contributed by atoms with van der Waals surface area (Å²) in [4.78, 5) is 12.2. The molecular formula is C14H15N5O. The number of fused-ring (bicyclic) bond motifs is 1. The number of benzene rings is 1. The van der Waals surface area contributed by atoms with Crippen LogP contribution in [-0.4, -0.2) is 27.0 Å². The van der Waals surface area contributed by atoms with E-state index < -0.39 is 0 Å². The Labute approximate surface area is 116 Å². The number of hydrogen-bond acceptors (Lipinski definition) is 3. The highest BCUT2D eigenvalue weighted by molar-refractivity contribution is 5.99. The van der Waals surface area contributed by atoms with Crippen LogP contribution in [0.15, 0.2) is 35.6 Å². The molecule has 0 unspecified atom stereocenters. The van der Waals surface area contributed by atoms with Crippen molar-refractivity contribution < 1.29 is 4.79 Å². The fourth-order valence-corrected chi connectivity index (χ4v) is 2.06. The third-order valence-corrected chi connectivity index (χ3v) is 3.43. The highest BCUT2D eigenvalue weighted by Gasteiger charge is 2.19. The second kappa shape index (κ2) is 4.80. The molecule has 6 heteroatoms. The van der Waals surface area contributed by atoms with Crippen LogP contribution < -0.4 is 5.32 Å². The second-order valence-corrected chi connectivity index (χ2v) is 4.70. The van der Waals surface area contributed by atoms with Crippen LogP contribution in [0.5, 0.6) is 0 Å². The Morgan fingerprint density at radius 2 is 2.10 bits per heavy atom. The summed E-state index contributed by atoms with van der Waals surface area (Å²) < 4.78 is 1.78. The number of rotatable bonds is 2. The van der Waals surface area contributed by atoms with E-state index >= 15 is 0 Å². The van der Waals surface area contributed by atoms with E-state index in [-0.39, 0.29) is 6.03 Å². The lowest BCUT2D eigenvalue weighted by Gasteiger charge is -2.15. The molecule has 0 saturated carbocycles. The molecule has 0 atom stereocenters. The van der Waals surface area contributed by atoms with Crippen LogP contribution in [-0.2, 0) is 13.6 Å². The summed E-state index contributed by atoms with van der Waals surface area (Å²) in [5.74, 6) is 0. The molecule has 6 nitrogen and oxygen atoms in total. The molecule has 1 aliphatic rings. The molecular weight excluding hydrogens is 254 g/mol. The number of urea groups is 1. The molecule has 0 radical (unpaired) electrons. The lowest BCUT2D eigenvalue weighted by atomic mass is 10.2. The van der Waals surface area contributed by atoms with E-state index in [1.807, 2.05) is 38.2 Å². The van der Waals surface area contributed by atoms with E-state index in [2.05, 4.69) is 15.5 Å². The van der Waals surface area contributed by atoms with Gasteiger partial charge in [-0.2, -0.15) is 10.2 Å². The van der Waals surface area contributed by atoms with Gasteiger partial charge in [0.05, 0.1) is 24.6 Å². The van der Waals surface area contributed by atoms with Crippen molar-refractivity contribution in [2.24, 2.45) is 12.1 Å². The van der Waals surface area contributed by atoms with Crippen LogP contribution in [0.4, 0.5) is 10.5 Å². The van der Waals surface area contributed by atoms with Crippen LogP contribution in [0, 0.1) is 6.92 Å². The Morgan fingerprint density at radius 3 is 2.85 bits per heavy atom. The van der Waals surface area contributed by atoms with Crippen LogP contribution in [0.1, 0.15) is 16.8 Å². The van der Waals surface area contributed by atoms with Gasteiger partial charge < -0.3 is 5.32 Å². The maximum Gasteiger partial charge on any atom is 0.342 e. The first-order valence-electron chi connectivity index (χ1n) is 6.34. The molecule has 0 fully saturated rings. The first-order valence-corrected chi connectivity index (χ1v) is 6.34. The molecule has 2 amide bonds. The number of carbonyl (C=O) groups is 1. The van der Waals surface area contributed by atoms with Crippen LogP contribution in [0.2, 0.25) is 0 Å². The Bertz CT molecular complexity index is 689. The summed E-state index contributed by atoms with van der Waals surface area (Å²) in [6.07, 6.45) is 3.45. The molecule has 0 saturated heterocycles. The molecule has 0 aliphatic carbocycles. The first-order chi connectivity index (χ1) is 9.65. The Hall–Kier alpha value is -2.63. The van der Waals surface area contributed by atoms with Crippen LogP contribution in [0.3, 0.4) is 0 Å². The molecule has 1 N–H and O–H groups in total. The number of carbonyl (C=O) groups excluding carboxylic acids is 1. The highest BCUT2D eigenvalue weighted by atomic mass is 16.2. The summed E-state index contributed by atoms with van der Waals surface area (Å²) in [6, 6.07) is 7.33. The summed E-state index contributed by atoms with van der Waals surface area (Å²) in [6.45, 7) is 2.37. The van der Waals surface area contributed by atoms with Crippen molar-refractivity contribution >= 4 is 17.9 Å². The van der Waals surface area contributed by atoms with E-state index in [1.54, 1.807) is 17.1 Å². The molecule has 2 heterocycles. The number of nitrogens with one attached hydrogen (secondary N) is 1. The Balaban J connectivity index is 1.86. The maximum atomic E-state index is 12.2. The molecule has 1 aliphatic heterocycles. The smallest absolute Gasteiger partial charge is 0.306 e. The van der Waals surface area contributed by atoms with Crippen LogP contribution in [0.25, 0.3) is 0 Å². The van der Waals surface area contributed by atoms with E-state index in [9.17, 15) is 4.79 Å². The van der Waals surface area contributed by atoms with Crippen molar-refractivity contribution in [2.45, 2.75) is 13.5 Å². The van der Waals surface area contributed by atoms with Gasteiger partial charge in [0, 0.05) is 23.9 Å². The quantitative estimate of drug-likeness (QED) is 0.907. The molecule has 0 bridgehead atoms. The largest absolute Gasteiger partial charge is 0.342 e. The molecule has 1 aromatic heterocycles. The highest BCUT2D eigenvalue weighted by Crippen LogP contribution is 2.18. The average Bonchev–Trinajstić information content (AvgIpc) is 2.67. The van der Waals surface area contributed by atoms with Gasteiger partial charge in [-0.3, -0.25) is 4.68 Å². The van der Waals surface area contributed by atoms with Crippen molar-refractivity contribution in [1.82, 2.24) is 14.8 Å². The van der Waals surface area contributed by atoms with E-state index in [0.717, 1.165) is 22.5 Å². The zero-order valence-electron chi connectivity index (χ0n) is 11.4. The number of aryl methyl sites for hydroxylation is 1. The van der Waals surface area contributed by atoms with Crippen molar-refractivity contribution in [2.75, 3.05) is 5.32 Å². The molecule has 0 spiro atoms. The van der Waals surface area contributed by atoms with Gasteiger partial charge in [0.2, 0.25) is 0 Å². The number of hydrogen-bond donors (Lipinski definition) is 1. The fourth-order valence-electron chi connectivity index (χ4n) is 2.06. The molecule has 2 aromatic rings. The summed E-state index contributed by atoms with van der Waals surface area (Å²) in [7, 11) is 1.88. The van der Waals surface area contributed by atoms with Gasteiger partial charge in [0.15, 0.2) is 0 Å². The minimum absolute atomic E-state index is 0.241. The first kappa shape index (κ1) is 12.4. The number of anilines is 1.